The fourth-order valence-electron chi connectivity index (χ4n) is 3.34. The lowest BCUT2D eigenvalue weighted by Gasteiger charge is -2.25. The minimum absolute atomic E-state index is 0.0247. The first-order chi connectivity index (χ1) is 12.5. The van der Waals surface area contributed by atoms with Gasteiger partial charge in [-0.25, -0.2) is 0 Å². The van der Waals surface area contributed by atoms with E-state index in [2.05, 4.69) is 10.2 Å². The van der Waals surface area contributed by atoms with Gasteiger partial charge in [0.15, 0.2) is 0 Å². The summed E-state index contributed by atoms with van der Waals surface area (Å²) in [5.41, 5.74) is 2.52. The van der Waals surface area contributed by atoms with Gasteiger partial charge in [0, 0.05) is 45.1 Å². The Bertz CT molecular complexity index is 740. The van der Waals surface area contributed by atoms with Crippen LogP contribution in [0.15, 0.2) is 18.5 Å². The second-order valence-electron chi connectivity index (χ2n) is 6.72. The van der Waals surface area contributed by atoms with Crippen molar-refractivity contribution < 1.29 is 14.3 Å². The van der Waals surface area contributed by atoms with E-state index in [0.29, 0.717) is 38.4 Å². The van der Waals surface area contributed by atoms with Crippen LogP contribution in [0, 0.1) is 0 Å². The zero-order valence-electron chi connectivity index (χ0n) is 15.9. The molecule has 0 unspecified atom stereocenters. The summed E-state index contributed by atoms with van der Waals surface area (Å²) < 4.78 is 14.7. The predicted octanol–water partition coefficient (Wildman–Crippen LogP) is 1.52. The summed E-state index contributed by atoms with van der Waals surface area (Å²) in [7, 11) is 3.47. The van der Waals surface area contributed by atoms with E-state index in [1.165, 1.54) is 0 Å². The standard InChI is InChI=1S/C18H27N5O3/c1-13-12-15-16(14(2)26-13)20-23(10-11-25-4)17(15)18(24)21(3)8-9-22-7-5-6-19-22/h5-7,13-14H,8-12H2,1-4H3/t13-,14+/m0/s1. The van der Waals surface area contributed by atoms with Gasteiger partial charge in [0.2, 0.25) is 0 Å². The van der Waals surface area contributed by atoms with Gasteiger partial charge >= 0.3 is 0 Å². The minimum Gasteiger partial charge on any atom is -0.383 e. The first-order valence-electron chi connectivity index (χ1n) is 8.98. The number of ether oxygens (including phenoxy) is 2. The Balaban J connectivity index is 1.84. The van der Waals surface area contributed by atoms with Gasteiger partial charge in [0.1, 0.15) is 5.69 Å². The Morgan fingerprint density at radius 1 is 1.42 bits per heavy atom. The second kappa shape index (κ2) is 8.01. The zero-order valence-corrected chi connectivity index (χ0v) is 15.9. The maximum atomic E-state index is 13.2. The molecule has 0 saturated heterocycles. The highest BCUT2D eigenvalue weighted by Gasteiger charge is 2.33. The first kappa shape index (κ1) is 18.6. The molecule has 142 valence electrons. The third kappa shape index (κ3) is 3.81. The van der Waals surface area contributed by atoms with Gasteiger partial charge in [0.25, 0.3) is 5.91 Å². The van der Waals surface area contributed by atoms with Crippen molar-refractivity contribution in [3.05, 3.63) is 35.4 Å². The topological polar surface area (TPSA) is 74.4 Å². The van der Waals surface area contributed by atoms with E-state index >= 15 is 0 Å². The quantitative estimate of drug-likeness (QED) is 0.747. The van der Waals surface area contributed by atoms with Crippen LogP contribution in [0.25, 0.3) is 0 Å². The molecule has 1 amide bonds. The van der Waals surface area contributed by atoms with E-state index in [1.807, 2.05) is 37.8 Å². The Morgan fingerprint density at radius 2 is 2.23 bits per heavy atom. The van der Waals surface area contributed by atoms with Gasteiger partial charge in [-0.05, 0) is 19.9 Å². The van der Waals surface area contributed by atoms with E-state index < -0.39 is 0 Å². The Kier molecular flexibility index (Phi) is 5.73. The number of amides is 1. The van der Waals surface area contributed by atoms with Crippen LogP contribution >= 0.6 is 0 Å². The number of methoxy groups -OCH3 is 1. The molecule has 2 aromatic rings. The number of carbonyl (C=O) groups excluding carboxylic acids is 1. The molecule has 26 heavy (non-hydrogen) atoms. The molecule has 0 bridgehead atoms. The summed E-state index contributed by atoms with van der Waals surface area (Å²) in [5, 5.41) is 8.85. The Hall–Kier alpha value is -2.19. The fourth-order valence-corrected chi connectivity index (χ4v) is 3.34. The third-order valence-electron chi connectivity index (χ3n) is 4.67. The molecule has 0 aliphatic carbocycles. The highest BCUT2D eigenvalue weighted by atomic mass is 16.5. The molecule has 0 aromatic carbocycles. The largest absolute Gasteiger partial charge is 0.383 e. The van der Waals surface area contributed by atoms with Gasteiger partial charge in [-0.1, -0.05) is 0 Å². The maximum Gasteiger partial charge on any atom is 0.272 e. The molecule has 3 rings (SSSR count). The van der Waals surface area contributed by atoms with Crippen LogP contribution in [0.2, 0.25) is 0 Å². The van der Waals surface area contributed by atoms with Crippen molar-refractivity contribution in [2.45, 2.75) is 45.6 Å². The summed E-state index contributed by atoms with van der Waals surface area (Å²) >= 11 is 0. The normalized spacial score (nSPS) is 19.4. The van der Waals surface area contributed by atoms with E-state index in [9.17, 15) is 4.79 Å². The molecule has 1 aliphatic rings. The highest BCUT2D eigenvalue weighted by molar-refractivity contribution is 5.94. The average Bonchev–Trinajstić information content (AvgIpc) is 3.24. The average molecular weight is 361 g/mol. The van der Waals surface area contributed by atoms with Crippen molar-refractivity contribution in [1.82, 2.24) is 24.5 Å². The fraction of sp³-hybridized carbons (Fsp3) is 0.611. The predicted molar refractivity (Wildman–Crippen MR) is 96.0 cm³/mol. The third-order valence-corrected chi connectivity index (χ3v) is 4.67. The van der Waals surface area contributed by atoms with Gasteiger partial charge < -0.3 is 14.4 Å². The number of aromatic nitrogens is 4. The molecule has 0 fully saturated rings. The SMILES string of the molecule is COCCn1nc2c(c1C(=O)N(C)CCn1cccn1)C[C@H](C)O[C@@H]2C. The van der Waals surface area contributed by atoms with E-state index in [0.717, 1.165) is 11.3 Å². The lowest BCUT2D eigenvalue weighted by atomic mass is 9.99. The number of rotatable bonds is 7. The molecule has 0 saturated carbocycles. The lowest BCUT2D eigenvalue weighted by molar-refractivity contribution is -0.00720. The molecule has 8 heteroatoms. The van der Waals surface area contributed by atoms with Crippen LogP contribution < -0.4 is 0 Å². The molecular weight excluding hydrogens is 334 g/mol. The smallest absolute Gasteiger partial charge is 0.272 e. The zero-order chi connectivity index (χ0) is 18.7. The molecule has 1 aliphatic heterocycles. The number of hydrogen-bond donors (Lipinski definition) is 0. The summed E-state index contributed by atoms with van der Waals surface area (Å²) in [5.74, 6) is -0.0247. The molecule has 0 spiro atoms. The lowest BCUT2D eigenvalue weighted by Crippen LogP contribution is -2.33. The van der Waals surface area contributed by atoms with Gasteiger partial charge in [-0.3, -0.25) is 14.2 Å². The van der Waals surface area contributed by atoms with E-state index in [-0.39, 0.29) is 18.1 Å². The van der Waals surface area contributed by atoms with Gasteiger partial charge in [-0.15, -0.1) is 0 Å². The molecule has 3 heterocycles. The number of hydrogen-bond acceptors (Lipinski definition) is 5. The number of fused-ring (bicyclic) bond motifs is 1. The van der Waals surface area contributed by atoms with Gasteiger partial charge in [-0.2, -0.15) is 10.2 Å². The van der Waals surface area contributed by atoms with Crippen molar-refractivity contribution in [1.29, 1.82) is 0 Å². The summed E-state index contributed by atoms with van der Waals surface area (Å²) in [6.07, 6.45) is 4.28. The first-order valence-corrected chi connectivity index (χ1v) is 8.98. The van der Waals surface area contributed by atoms with E-state index in [4.69, 9.17) is 9.47 Å². The summed E-state index contributed by atoms with van der Waals surface area (Å²) in [6.45, 7) is 6.28. The van der Waals surface area contributed by atoms with Crippen LogP contribution in [0.1, 0.15) is 41.7 Å². The van der Waals surface area contributed by atoms with Crippen LogP contribution in [-0.2, 0) is 29.0 Å². The second-order valence-corrected chi connectivity index (χ2v) is 6.72. The molecule has 0 radical (unpaired) electrons. The number of nitrogens with zero attached hydrogens (tertiary/aromatic N) is 5. The highest BCUT2D eigenvalue weighted by Crippen LogP contribution is 2.32. The number of likely N-dealkylation sites (N-methyl/N-ethyl adjacent to an activating group) is 1. The van der Waals surface area contributed by atoms with Crippen LogP contribution in [0.3, 0.4) is 0 Å². The van der Waals surface area contributed by atoms with Crippen molar-refractivity contribution in [3.63, 3.8) is 0 Å². The van der Waals surface area contributed by atoms with Crippen molar-refractivity contribution in [3.8, 4) is 0 Å². The number of carbonyl (C=O) groups is 1. The minimum atomic E-state index is -0.113. The monoisotopic (exact) mass is 361 g/mol. The molecule has 2 atom stereocenters. The van der Waals surface area contributed by atoms with Crippen molar-refractivity contribution in [2.24, 2.45) is 0 Å². The Morgan fingerprint density at radius 3 is 2.92 bits per heavy atom. The van der Waals surface area contributed by atoms with Crippen molar-refractivity contribution in [2.75, 3.05) is 27.3 Å². The van der Waals surface area contributed by atoms with E-state index in [1.54, 1.807) is 22.9 Å². The molecule has 0 N–H and O–H groups in total. The molecule has 8 nitrogen and oxygen atoms in total. The van der Waals surface area contributed by atoms with Gasteiger partial charge in [0.05, 0.1) is 37.6 Å². The van der Waals surface area contributed by atoms with Crippen LogP contribution in [0.4, 0.5) is 0 Å². The molecule has 2 aromatic heterocycles. The van der Waals surface area contributed by atoms with Crippen LogP contribution in [0.5, 0.6) is 0 Å². The maximum absolute atomic E-state index is 13.2. The summed E-state index contributed by atoms with van der Waals surface area (Å²) in [6, 6.07) is 1.88. The van der Waals surface area contributed by atoms with Crippen LogP contribution in [-0.4, -0.2) is 63.8 Å². The molecular formula is C18H27N5O3. The summed E-state index contributed by atoms with van der Waals surface area (Å²) in [4.78, 5) is 14.9. The Labute approximate surface area is 153 Å². The van der Waals surface area contributed by atoms with Crippen molar-refractivity contribution >= 4 is 5.91 Å².